The Morgan fingerprint density at radius 3 is 2.95 bits per heavy atom. The molecule has 1 aliphatic heterocycles. The summed E-state index contributed by atoms with van der Waals surface area (Å²) in [6.45, 7) is 2.20. The van der Waals surface area contributed by atoms with E-state index < -0.39 is 5.97 Å². The summed E-state index contributed by atoms with van der Waals surface area (Å²) in [4.78, 5) is 12.9. The molecule has 0 unspecified atom stereocenters. The molecule has 0 aliphatic carbocycles. The van der Waals surface area contributed by atoms with Crippen LogP contribution >= 0.6 is 11.6 Å². The summed E-state index contributed by atoms with van der Waals surface area (Å²) in [6, 6.07) is 4.76. The lowest BCUT2D eigenvalue weighted by molar-refractivity contribution is 0.0697. The molecular weight excluding hydrogens is 268 g/mol. The molecule has 0 spiro atoms. The standard InChI is InChI=1S/C12H11ClN4O2/c13-9-5-8(12(18)19)1-2-10(9)16-3-4-17-7-14-15-11(17)6-16/h1-2,5,7H,3-4,6H2,(H,18,19). The Morgan fingerprint density at radius 1 is 1.37 bits per heavy atom. The number of carbonyl (C=O) groups is 1. The van der Waals surface area contributed by atoms with Gasteiger partial charge >= 0.3 is 5.97 Å². The summed E-state index contributed by atoms with van der Waals surface area (Å²) in [5.41, 5.74) is 1.01. The zero-order valence-electron chi connectivity index (χ0n) is 9.95. The molecule has 0 radical (unpaired) electrons. The van der Waals surface area contributed by atoms with E-state index in [9.17, 15) is 4.79 Å². The maximum absolute atomic E-state index is 10.9. The maximum atomic E-state index is 10.9. The second-order valence-electron chi connectivity index (χ2n) is 4.33. The van der Waals surface area contributed by atoms with Gasteiger partial charge in [0, 0.05) is 13.1 Å². The molecule has 98 valence electrons. The van der Waals surface area contributed by atoms with Crippen molar-refractivity contribution in [2.24, 2.45) is 0 Å². The number of rotatable bonds is 2. The lowest BCUT2D eigenvalue weighted by Crippen LogP contribution is -2.33. The summed E-state index contributed by atoms with van der Waals surface area (Å²) in [7, 11) is 0. The van der Waals surface area contributed by atoms with E-state index in [-0.39, 0.29) is 5.56 Å². The molecule has 0 amide bonds. The minimum atomic E-state index is -0.980. The van der Waals surface area contributed by atoms with Crippen LogP contribution in [0.5, 0.6) is 0 Å². The molecule has 7 heteroatoms. The lowest BCUT2D eigenvalue weighted by Gasteiger charge is -2.29. The Bertz CT molecular complexity index is 640. The lowest BCUT2D eigenvalue weighted by atomic mass is 10.2. The molecule has 0 saturated heterocycles. The van der Waals surface area contributed by atoms with E-state index in [1.807, 2.05) is 4.57 Å². The smallest absolute Gasteiger partial charge is 0.335 e. The van der Waals surface area contributed by atoms with Crippen molar-refractivity contribution in [1.29, 1.82) is 0 Å². The van der Waals surface area contributed by atoms with Crippen LogP contribution in [0.1, 0.15) is 16.2 Å². The van der Waals surface area contributed by atoms with Gasteiger partial charge in [-0.3, -0.25) is 0 Å². The largest absolute Gasteiger partial charge is 0.478 e. The van der Waals surface area contributed by atoms with Crippen LogP contribution in [0.2, 0.25) is 5.02 Å². The number of halogens is 1. The molecule has 0 saturated carbocycles. The van der Waals surface area contributed by atoms with Crippen LogP contribution in [-0.4, -0.2) is 32.4 Å². The number of fused-ring (bicyclic) bond motifs is 1. The third-order valence-electron chi connectivity index (χ3n) is 3.17. The van der Waals surface area contributed by atoms with Gasteiger partial charge in [-0.2, -0.15) is 0 Å². The monoisotopic (exact) mass is 278 g/mol. The van der Waals surface area contributed by atoms with E-state index in [1.165, 1.54) is 6.07 Å². The summed E-state index contributed by atoms with van der Waals surface area (Å²) in [5.74, 6) is -0.100. The Kier molecular flexibility index (Phi) is 2.87. The highest BCUT2D eigenvalue weighted by Crippen LogP contribution is 2.29. The summed E-state index contributed by atoms with van der Waals surface area (Å²) in [6.07, 6.45) is 1.71. The Labute approximate surface area is 114 Å². The SMILES string of the molecule is O=C(O)c1ccc(N2CCn3cnnc3C2)c(Cl)c1. The van der Waals surface area contributed by atoms with Crippen LogP contribution in [0.3, 0.4) is 0 Å². The Balaban J connectivity index is 1.90. The average molecular weight is 279 g/mol. The molecular formula is C12H11ClN4O2. The third-order valence-corrected chi connectivity index (χ3v) is 3.48. The van der Waals surface area contributed by atoms with Gasteiger partial charge in [0.15, 0.2) is 5.82 Å². The zero-order valence-corrected chi connectivity index (χ0v) is 10.7. The minimum absolute atomic E-state index is 0.189. The predicted octanol–water partition coefficient (Wildman–Crippen LogP) is 1.65. The first-order valence-electron chi connectivity index (χ1n) is 5.79. The molecule has 6 nitrogen and oxygen atoms in total. The number of hydrogen-bond acceptors (Lipinski definition) is 4. The maximum Gasteiger partial charge on any atom is 0.335 e. The van der Waals surface area contributed by atoms with Gasteiger partial charge in [0.05, 0.1) is 22.8 Å². The van der Waals surface area contributed by atoms with E-state index in [0.717, 1.165) is 24.6 Å². The molecule has 0 atom stereocenters. The molecule has 0 bridgehead atoms. The highest BCUT2D eigenvalue weighted by Gasteiger charge is 2.20. The fourth-order valence-electron chi connectivity index (χ4n) is 2.17. The number of anilines is 1. The van der Waals surface area contributed by atoms with Crippen molar-refractivity contribution in [2.75, 3.05) is 11.4 Å². The highest BCUT2D eigenvalue weighted by atomic mass is 35.5. The topological polar surface area (TPSA) is 71.2 Å². The summed E-state index contributed by atoms with van der Waals surface area (Å²) in [5, 5.41) is 17.3. The van der Waals surface area contributed by atoms with Gasteiger partial charge in [-0.05, 0) is 18.2 Å². The van der Waals surface area contributed by atoms with Crippen molar-refractivity contribution in [3.63, 3.8) is 0 Å². The number of carboxylic acid groups (broad SMARTS) is 1. The van der Waals surface area contributed by atoms with Gasteiger partial charge in [0.1, 0.15) is 6.33 Å². The quantitative estimate of drug-likeness (QED) is 0.904. The number of aromatic nitrogens is 3. The van der Waals surface area contributed by atoms with Crippen molar-refractivity contribution in [1.82, 2.24) is 14.8 Å². The Hall–Kier alpha value is -2.08. The molecule has 2 heterocycles. The number of carboxylic acids is 1. The second kappa shape index (κ2) is 4.55. The first kappa shape index (κ1) is 12.0. The van der Waals surface area contributed by atoms with Crippen LogP contribution in [0.15, 0.2) is 24.5 Å². The van der Waals surface area contributed by atoms with Crippen molar-refractivity contribution >= 4 is 23.3 Å². The number of aromatic carboxylic acids is 1. The third kappa shape index (κ3) is 2.15. The second-order valence-corrected chi connectivity index (χ2v) is 4.74. The van der Waals surface area contributed by atoms with Crippen molar-refractivity contribution in [2.45, 2.75) is 13.1 Å². The van der Waals surface area contributed by atoms with E-state index in [2.05, 4.69) is 15.1 Å². The van der Waals surface area contributed by atoms with Gasteiger partial charge < -0.3 is 14.6 Å². The predicted molar refractivity (Wildman–Crippen MR) is 69.5 cm³/mol. The number of benzene rings is 1. The van der Waals surface area contributed by atoms with Crippen LogP contribution in [0, 0.1) is 0 Å². The fraction of sp³-hybridized carbons (Fsp3) is 0.250. The number of nitrogens with zero attached hydrogens (tertiary/aromatic N) is 4. The molecule has 1 N–H and O–H groups in total. The van der Waals surface area contributed by atoms with Crippen molar-refractivity contribution in [3.8, 4) is 0 Å². The van der Waals surface area contributed by atoms with Gasteiger partial charge in [-0.25, -0.2) is 4.79 Å². The van der Waals surface area contributed by atoms with E-state index in [4.69, 9.17) is 16.7 Å². The molecule has 19 heavy (non-hydrogen) atoms. The molecule has 1 aromatic carbocycles. The van der Waals surface area contributed by atoms with Crippen LogP contribution in [0.4, 0.5) is 5.69 Å². The molecule has 2 aromatic rings. The molecule has 0 fully saturated rings. The first-order chi connectivity index (χ1) is 9.15. The van der Waals surface area contributed by atoms with Gasteiger partial charge in [-0.1, -0.05) is 11.6 Å². The zero-order chi connectivity index (χ0) is 13.4. The van der Waals surface area contributed by atoms with Gasteiger partial charge in [0.2, 0.25) is 0 Å². The van der Waals surface area contributed by atoms with Gasteiger partial charge in [-0.15, -0.1) is 10.2 Å². The Morgan fingerprint density at radius 2 is 2.21 bits per heavy atom. The van der Waals surface area contributed by atoms with Crippen molar-refractivity contribution < 1.29 is 9.90 Å². The van der Waals surface area contributed by atoms with Crippen LogP contribution in [-0.2, 0) is 13.1 Å². The van der Waals surface area contributed by atoms with Crippen LogP contribution < -0.4 is 4.90 Å². The molecule has 3 rings (SSSR count). The molecule has 1 aromatic heterocycles. The fourth-order valence-corrected chi connectivity index (χ4v) is 2.47. The first-order valence-corrected chi connectivity index (χ1v) is 6.17. The summed E-state index contributed by atoms with van der Waals surface area (Å²) < 4.78 is 2.00. The van der Waals surface area contributed by atoms with Crippen molar-refractivity contribution in [3.05, 3.63) is 40.9 Å². The van der Waals surface area contributed by atoms with Gasteiger partial charge in [0.25, 0.3) is 0 Å². The van der Waals surface area contributed by atoms with E-state index >= 15 is 0 Å². The van der Waals surface area contributed by atoms with E-state index in [0.29, 0.717) is 11.6 Å². The summed E-state index contributed by atoms with van der Waals surface area (Å²) >= 11 is 6.16. The number of hydrogen-bond donors (Lipinski definition) is 1. The van der Waals surface area contributed by atoms with E-state index in [1.54, 1.807) is 18.5 Å². The normalized spacial score (nSPS) is 14.3. The molecule has 1 aliphatic rings. The minimum Gasteiger partial charge on any atom is -0.478 e. The highest BCUT2D eigenvalue weighted by molar-refractivity contribution is 6.33. The average Bonchev–Trinajstić information content (AvgIpc) is 2.85. The van der Waals surface area contributed by atoms with Crippen LogP contribution in [0.25, 0.3) is 0 Å².